The molecule has 8 heteroatoms. The number of hydrogen-bond acceptors (Lipinski definition) is 5. The van der Waals surface area contributed by atoms with E-state index in [1.54, 1.807) is 12.1 Å². The van der Waals surface area contributed by atoms with Gasteiger partial charge in [0.05, 0.1) is 12.7 Å². The number of carbonyl (C=O) groups excluding carboxylic acids is 3. The molecule has 2 N–H and O–H groups in total. The van der Waals surface area contributed by atoms with Gasteiger partial charge in [-0.05, 0) is 49.7 Å². The third kappa shape index (κ3) is 6.60. The predicted octanol–water partition coefficient (Wildman–Crippen LogP) is 3.08. The van der Waals surface area contributed by atoms with Gasteiger partial charge in [-0.3, -0.25) is 4.79 Å². The van der Waals surface area contributed by atoms with E-state index in [-0.39, 0.29) is 28.9 Å². The van der Waals surface area contributed by atoms with Gasteiger partial charge >= 0.3 is 12.0 Å². The molecule has 0 aromatic heterocycles. The number of rotatable bonds is 8. The first-order chi connectivity index (χ1) is 13.8. The Morgan fingerprint density at radius 1 is 1.03 bits per heavy atom. The molecule has 0 aliphatic heterocycles. The molecule has 0 fully saturated rings. The highest BCUT2D eigenvalue weighted by Gasteiger charge is 2.14. The number of methoxy groups -OCH3 is 1. The molecule has 0 saturated carbocycles. The van der Waals surface area contributed by atoms with Gasteiger partial charge in [-0.15, -0.1) is 0 Å². The van der Waals surface area contributed by atoms with Crippen LogP contribution in [-0.4, -0.2) is 37.5 Å². The van der Waals surface area contributed by atoms with Crippen molar-refractivity contribution in [2.24, 2.45) is 0 Å². The van der Waals surface area contributed by atoms with Gasteiger partial charge in [0.2, 0.25) is 0 Å². The second-order valence-corrected chi connectivity index (χ2v) is 6.53. The third-order valence-corrected chi connectivity index (χ3v) is 3.87. The smallest absolute Gasteiger partial charge is 0.338 e. The lowest BCUT2D eigenvalue weighted by Crippen LogP contribution is -2.39. The summed E-state index contributed by atoms with van der Waals surface area (Å²) >= 11 is 0. The zero-order valence-corrected chi connectivity index (χ0v) is 16.5. The molecule has 0 aliphatic carbocycles. The van der Waals surface area contributed by atoms with Gasteiger partial charge in [0.1, 0.15) is 0 Å². The maximum absolute atomic E-state index is 13.7. The molecular formula is C21H23FN2O5. The topological polar surface area (TPSA) is 93.7 Å². The van der Waals surface area contributed by atoms with Crippen LogP contribution in [0.2, 0.25) is 0 Å². The van der Waals surface area contributed by atoms with Crippen molar-refractivity contribution in [3.63, 3.8) is 0 Å². The quantitative estimate of drug-likeness (QED) is 0.523. The Kier molecular flexibility index (Phi) is 7.70. The van der Waals surface area contributed by atoms with E-state index in [1.807, 2.05) is 13.8 Å². The molecule has 7 nitrogen and oxygen atoms in total. The summed E-state index contributed by atoms with van der Waals surface area (Å²) in [5.41, 5.74) is 1.14. The summed E-state index contributed by atoms with van der Waals surface area (Å²) in [6.07, 6.45) is 0. The molecule has 2 rings (SSSR count). The summed E-state index contributed by atoms with van der Waals surface area (Å²) in [6, 6.07) is 9.94. The van der Waals surface area contributed by atoms with Crippen LogP contribution in [0.1, 0.15) is 40.1 Å². The highest BCUT2D eigenvalue weighted by atomic mass is 19.1. The number of benzene rings is 2. The van der Waals surface area contributed by atoms with E-state index >= 15 is 0 Å². The van der Waals surface area contributed by atoms with Crippen molar-refractivity contribution in [3.05, 3.63) is 65.0 Å². The summed E-state index contributed by atoms with van der Waals surface area (Å²) in [6.45, 7) is 3.50. The minimum Gasteiger partial charge on any atom is -0.494 e. The highest BCUT2D eigenvalue weighted by Crippen LogP contribution is 2.18. The summed E-state index contributed by atoms with van der Waals surface area (Å²) in [4.78, 5) is 35.7. The predicted molar refractivity (Wildman–Crippen MR) is 105 cm³/mol. The Labute approximate surface area is 168 Å². The van der Waals surface area contributed by atoms with Crippen LogP contribution in [0.5, 0.6) is 5.75 Å². The van der Waals surface area contributed by atoms with Crippen LogP contribution in [0.15, 0.2) is 42.5 Å². The first-order valence-electron chi connectivity index (χ1n) is 8.97. The molecule has 0 atom stereocenters. The molecule has 0 aliphatic rings. The molecular weight excluding hydrogens is 379 g/mol. The Morgan fingerprint density at radius 3 is 2.28 bits per heavy atom. The number of urea groups is 1. The molecule has 29 heavy (non-hydrogen) atoms. The Hall–Kier alpha value is -3.42. The van der Waals surface area contributed by atoms with Crippen LogP contribution in [-0.2, 0) is 11.3 Å². The average molecular weight is 402 g/mol. The van der Waals surface area contributed by atoms with E-state index in [2.05, 4.69) is 10.6 Å². The van der Waals surface area contributed by atoms with Crippen molar-refractivity contribution in [1.82, 2.24) is 10.6 Å². The van der Waals surface area contributed by atoms with Gasteiger partial charge in [-0.1, -0.05) is 12.1 Å². The Morgan fingerprint density at radius 2 is 1.69 bits per heavy atom. The van der Waals surface area contributed by atoms with E-state index in [0.29, 0.717) is 6.54 Å². The number of ketones is 1. The van der Waals surface area contributed by atoms with Crippen molar-refractivity contribution in [2.75, 3.05) is 13.7 Å². The SMILES string of the molecule is COc1ccc(C(=O)COC(=O)c2ccc(CNC(=O)NC(C)C)cc2)cc1F. The van der Waals surface area contributed by atoms with Gasteiger partial charge in [0.15, 0.2) is 24.0 Å². The fourth-order valence-electron chi connectivity index (χ4n) is 2.39. The lowest BCUT2D eigenvalue weighted by Gasteiger charge is -2.10. The number of halogens is 1. The molecule has 0 radical (unpaired) electrons. The molecule has 2 aromatic carbocycles. The van der Waals surface area contributed by atoms with Crippen molar-refractivity contribution in [1.29, 1.82) is 0 Å². The maximum Gasteiger partial charge on any atom is 0.338 e. The molecule has 2 amide bonds. The standard InChI is InChI=1S/C21H23FN2O5/c1-13(2)24-21(27)23-11-14-4-6-15(7-5-14)20(26)29-12-18(25)16-8-9-19(28-3)17(22)10-16/h4-10,13H,11-12H2,1-3H3,(H2,23,24,27). The van der Waals surface area contributed by atoms with Gasteiger partial charge in [-0.2, -0.15) is 0 Å². The van der Waals surface area contributed by atoms with Crippen molar-refractivity contribution >= 4 is 17.8 Å². The summed E-state index contributed by atoms with van der Waals surface area (Å²) in [7, 11) is 1.32. The number of amides is 2. The summed E-state index contributed by atoms with van der Waals surface area (Å²) < 4.78 is 23.5. The van der Waals surface area contributed by atoms with Crippen molar-refractivity contribution in [2.45, 2.75) is 26.4 Å². The monoisotopic (exact) mass is 402 g/mol. The van der Waals surface area contributed by atoms with Gasteiger partial charge < -0.3 is 20.1 Å². The second-order valence-electron chi connectivity index (χ2n) is 6.53. The van der Waals surface area contributed by atoms with Crippen molar-refractivity contribution < 1.29 is 28.2 Å². The lowest BCUT2D eigenvalue weighted by atomic mass is 10.1. The normalized spacial score (nSPS) is 10.4. The fourth-order valence-corrected chi connectivity index (χ4v) is 2.39. The van der Waals surface area contributed by atoms with Gasteiger partial charge in [-0.25, -0.2) is 14.0 Å². The number of nitrogens with one attached hydrogen (secondary N) is 2. The number of carbonyl (C=O) groups is 3. The highest BCUT2D eigenvalue weighted by molar-refractivity contribution is 5.99. The molecule has 0 unspecified atom stereocenters. The van der Waals surface area contributed by atoms with Crippen LogP contribution in [0.25, 0.3) is 0 Å². The number of ether oxygens (including phenoxy) is 2. The first-order valence-corrected chi connectivity index (χ1v) is 8.97. The zero-order valence-electron chi connectivity index (χ0n) is 16.5. The third-order valence-electron chi connectivity index (χ3n) is 3.87. The van der Waals surface area contributed by atoms with Crippen LogP contribution in [0.4, 0.5) is 9.18 Å². The van der Waals surface area contributed by atoms with Crippen LogP contribution in [0.3, 0.4) is 0 Å². The molecule has 0 spiro atoms. The molecule has 0 saturated heterocycles. The zero-order chi connectivity index (χ0) is 21.4. The average Bonchev–Trinajstić information content (AvgIpc) is 2.70. The largest absolute Gasteiger partial charge is 0.494 e. The van der Waals surface area contributed by atoms with Crippen molar-refractivity contribution in [3.8, 4) is 5.75 Å². The van der Waals surface area contributed by atoms with Crippen LogP contribution in [0, 0.1) is 5.82 Å². The van der Waals surface area contributed by atoms with E-state index < -0.39 is 24.2 Å². The van der Waals surface area contributed by atoms with E-state index in [0.717, 1.165) is 11.6 Å². The van der Waals surface area contributed by atoms with E-state index in [9.17, 15) is 18.8 Å². The number of hydrogen-bond donors (Lipinski definition) is 2. The summed E-state index contributed by atoms with van der Waals surface area (Å²) in [5.74, 6) is -1.85. The number of Topliss-reactive ketones (excluding diaryl/α,β-unsaturated/α-hetero) is 1. The first kappa shape index (κ1) is 21.9. The molecule has 0 heterocycles. The molecule has 0 bridgehead atoms. The maximum atomic E-state index is 13.7. The Balaban J connectivity index is 1.86. The van der Waals surface area contributed by atoms with E-state index in [1.165, 1.54) is 31.4 Å². The van der Waals surface area contributed by atoms with E-state index in [4.69, 9.17) is 9.47 Å². The minimum absolute atomic E-state index is 0.0230. The fraction of sp³-hybridized carbons (Fsp3) is 0.286. The lowest BCUT2D eigenvalue weighted by molar-refractivity contribution is 0.0474. The molecule has 154 valence electrons. The number of esters is 1. The van der Waals surface area contributed by atoms with Crippen LogP contribution < -0.4 is 15.4 Å². The molecule has 2 aromatic rings. The van der Waals surface area contributed by atoms with Gasteiger partial charge in [0, 0.05) is 18.2 Å². The minimum atomic E-state index is -0.676. The Bertz CT molecular complexity index is 881. The summed E-state index contributed by atoms with van der Waals surface area (Å²) in [5, 5.41) is 5.41. The van der Waals surface area contributed by atoms with Crippen LogP contribution >= 0.6 is 0 Å². The second kappa shape index (κ2) is 10.2. The van der Waals surface area contributed by atoms with Gasteiger partial charge in [0.25, 0.3) is 0 Å².